The summed E-state index contributed by atoms with van der Waals surface area (Å²) in [6.07, 6.45) is 1.23. The van der Waals surface area contributed by atoms with Gasteiger partial charge in [-0.1, -0.05) is 18.2 Å². The van der Waals surface area contributed by atoms with E-state index >= 15 is 0 Å². The van der Waals surface area contributed by atoms with E-state index < -0.39 is 0 Å². The van der Waals surface area contributed by atoms with Crippen LogP contribution in [0, 0.1) is 0 Å². The predicted molar refractivity (Wildman–Crippen MR) is 98.0 cm³/mol. The summed E-state index contributed by atoms with van der Waals surface area (Å²) in [5.41, 5.74) is 3.64. The molecule has 128 valence electrons. The van der Waals surface area contributed by atoms with Crippen molar-refractivity contribution >= 4 is 23.1 Å². The van der Waals surface area contributed by atoms with Crippen LogP contribution in [0.25, 0.3) is 0 Å². The van der Waals surface area contributed by atoms with Crippen molar-refractivity contribution in [3.8, 4) is 5.75 Å². The van der Waals surface area contributed by atoms with E-state index in [0.29, 0.717) is 24.2 Å². The van der Waals surface area contributed by atoms with Crippen LogP contribution in [0.5, 0.6) is 5.75 Å². The molecule has 25 heavy (non-hydrogen) atoms. The maximum absolute atomic E-state index is 12.4. The SMILES string of the molecule is COc1cc(C(=O)Nc2ccccc2)ccc1NC1=C(C)C(=O)CC1. The molecule has 0 aliphatic heterocycles. The fourth-order valence-corrected chi connectivity index (χ4v) is 2.76. The highest BCUT2D eigenvalue weighted by atomic mass is 16.5. The van der Waals surface area contributed by atoms with Gasteiger partial charge < -0.3 is 15.4 Å². The van der Waals surface area contributed by atoms with Gasteiger partial charge in [0.1, 0.15) is 5.75 Å². The molecule has 1 amide bonds. The Morgan fingerprint density at radius 3 is 2.48 bits per heavy atom. The Morgan fingerprint density at radius 2 is 1.84 bits per heavy atom. The standard InChI is InChI=1S/C20H20N2O3/c1-13-16(10-11-18(13)23)22-17-9-8-14(12-19(17)25-2)20(24)21-15-6-4-3-5-7-15/h3-9,12,22H,10-11H2,1-2H3,(H,21,24). The Morgan fingerprint density at radius 1 is 1.08 bits per heavy atom. The van der Waals surface area contributed by atoms with Crippen LogP contribution in [-0.2, 0) is 4.79 Å². The third-order valence-corrected chi connectivity index (χ3v) is 4.25. The van der Waals surface area contributed by atoms with Gasteiger partial charge in [-0.3, -0.25) is 9.59 Å². The van der Waals surface area contributed by atoms with Crippen molar-refractivity contribution in [2.45, 2.75) is 19.8 Å². The van der Waals surface area contributed by atoms with Crippen LogP contribution in [0.3, 0.4) is 0 Å². The summed E-state index contributed by atoms with van der Waals surface area (Å²) in [6.45, 7) is 1.83. The number of anilines is 2. The minimum Gasteiger partial charge on any atom is -0.495 e. The number of carbonyl (C=O) groups excluding carboxylic acids is 2. The van der Waals surface area contributed by atoms with Crippen molar-refractivity contribution in [3.05, 3.63) is 65.4 Å². The highest BCUT2D eigenvalue weighted by Crippen LogP contribution is 2.31. The normalized spacial score (nSPS) is 13.8. The lowest BCUT2D eigenvalue weighted by Gasteiger charge is -2.14. The molecule has 2 N–H and O–H groups in total. The first-order valence-corrected chi connectivity index (χ1v) is 8.13. The second-order valence-corrected chi connectivity index (χ2v) is 5.89. The lowest BCUT2D eigenvalue weighted by molar-refractivity contribution is -0.114. The van der Waals surface area contributed by atoms with Gasteiger partial charge in [0.25, 0.3) is 5.91 Å². The van der Waals surface area contributed by atoms with E-state index in [-0.39, 0.29) is 11.7 Å². The maximum atomic E-state index is 12.4. The molecule has 1 aliphatic rings. The smallest absolute Gasteiger partial charge is 0.255 e. The molecular weight excluding hydrogens is 316 g/mol. The number of ether oxygens (including phenoxy) is 1. The van der Waals surface area contributed by atoms with Crippen molar-refractivity contribution < 1.29 is 14.3 Å². The summed E-state index contributed by atoms with van der Waals surface area (Å²) >= 11 is 0. The van der Waals surface area contributed by atoms with Crippen LogP contribution in [-0.4, -0.2) is 18.8 Å². The number of ketones is 1. The van der Waals surface area contributed by atoms with Crippen molar-refractivity contribution in [1.82, 2.24) is 0 Å². The van der Waals surface area contributed by atoms with Gasteiger partial charge >= 0.3 is 0 Å². The van der Waals surface area contributed by atoms with Gasteiger partial charge in [0.15, 0.2) is 5.78 Å². The first-order valence-electron chi connectivity index (χ1n) is 8.13. The number of nitrogens with one attached hydrogen (secondary N) is 2. The molecule has 0 bridgehead atoms. The Kier molecular flexibility index (Phi) is 4.84. The Balaban J connectivity index is 1.80. The van der Waals surface area contributed by atoms with E-state index in [2.05, 4.69) is 10.6 Å². The Bertz CT molecular complexity index is 841. The molecule has 0 fully saturated rings. The summed E-state index contributed by atoms with van der Waals surface area (Å²) < 4.78 is 5.41. The number of amides is 1. The average molecular weight is 336 g/mol. The molecule has 5 nitrogen and oxygen atoms in total. The molecule has 2 aromatic rings. The lowest BCUT2D eigenvalue weighted by atomic mass is 10.1. The van der Waals surface area contributed by atoms with Gasteiger partial charge in [0.2, 0.25) is 0 Å². The van der Waals surface area contributed by atoms with Crippen LogP contribution >= 0.6 is 0 Å². The number of benzene rings is 2. The second-order valence-electron chi connectivity index (χ2n) is 5.89. The van der Waals surface area contributed by atoms with Crippen LogP contribution in [0.2, 0.25) is 0 Å². The van der Waals surface area contributed by atoms with Crippen molar-refractivity contribution in [3.63, 3.8) is 0 Å². The van der Waals surface area contributed by atoms with Crippen LogP contribution in [0.4, 0.5) is 11.4 Å². The molecule has 0 saturated carbocycles. The van der Waals surface area contributed by atoms with Gasteiger partial charge in [-0.25, -0.2) is 0 Å². The minimum atomic E-state index is -0.206. The third-order valence-electron chi connectivity index (χ3n) is 4.25. The fourth-order valence-electron chi connectivity index (χ4n) is 2.76. The summed E-state index contributed by atoms with van der Waals surface area (Å²) in [6, 6.07) is 14.5. The summed E-state index contributed by atoms with van der Waals surface area (Å²) in [5, 5.41) is 6.10. The topological polar surface area (TPSA) is 67.4 Å². The van der Waals surface area contributed by atoms with Gasteiger partial charge in [0, 0.05) is 28.9 Å². The number of para-hydroxylation sites is 1. The molecule has 0 aromatic heterocycles. The van der Waals surface area contributed by atoms with Gasteiger partial charge in [-0.15, -0.1) is 0 Å². The van der Waals surface area contributed by atoms with Crippen LogP contribution in [0.1, 0.15) is 30.1 Å². The molecule has 0 atom stereocenters. The van der Waals surface area contributed by atoms with Crippen LogP contribution < -0.4 is 15.4 Å². The summed E-state index contributed by atoms with van der Waals surface area (Å²) in [4.78, 5) is 24.1. The predicted octanol–water partition coefficient (Wildman–Crippen LogP) is 4.00. The second kappa shape index (κ2) is 7.21. The molecular formula is C20H20N2O3. The molecule has 5 heteroatoms. The largest absolute Gasteiger partial charge is 0.495 e. The Labute approximate surface area is 146 Å². The van der Waals surface area contributed by atoms with Gasteiger partial charge in [0.05, 0.1) is 12.8 Å². The highest BCUT2D eigenvalue weighted by Gasteiger charge is 2.20. The quantitative estimate of drug-likeness (QED) is 0.866. The lowest BCUT2D eigenvalue weighted by Crippen LogP contribution is -2.12. The van der Waals surface area contributed by atoms with E-state index in [1.807, 2.05) is 37.3 Å². The minimum absolute atomic E-state index is 0.167. The van der Waals surface area contributed by atoms with Crippen molar-refractivity contribution in [2.75, 3.05) is 17.7 Å². The van der Waals surface area contributed by atoms with E-state index in [0.717, 1.165) is 22.6 Å². The number of allylic oxidation sites excluding steroid dienone is 2. The van der Waals surface area contributed by atoms with E-state index in [4.69, 9.17) is 4.74 Å². The fraction of sp³-hybridized carbons (Fsp3) is 0.200. The number of carbonyl (C=O) groups is 2. The molecule has 2 aromatic carbocycles. The zero-order valence-electron chi connectivity index (χ0n) is 14.3. The molecule has 0 heterocycles. The van der Waals surface area contributed by atoms with Crippen molar-refractivity contribution in [2.24, 2.45) is 0 Å². The maximum Gasteiger partial charge on any atom is 0.255 e. The highest BCUT2D eigenvalue weighted by molar-refractivity contribution is 6.05. The number of Topliss-reactive ketones (excluding diaryl/α,β-unsaturated/α-hetero) is 1. The van der Waals surface area contributed by atoms with E-state index in [1.165, 1.54) is 0 Å². The number of methoxy groups -OCH3 is 1. The molecule has 0 spiro atoms. The molecule has 0 saturated heterocycles. The van der Waals surface area contributed by atoms with E-state index in [1.54, 1.807) is 25.3 Å². The number of hydrogen-bond donors (Lipinski definition) is 2. The molecule has 1 aliphatic carbocycles. The van der Waals surface area contributed by atoms with Crippen LogP contribution in [0.15, 0.2) is 59.8 Å². The molecule has 0 unspecified atom stereocenters. The monoisotopic (exact) mass is 336 g/mol. The molecule has 0 radical (unpaired) electrons. The Hall–Kier alpha value is -3.08. The van der Waals surface area contributed by atoms with Crippen molar-refractivity contribution in [1.29, 1.82) is 0 Å². The first kappa shape index (κ1) is 16.8. The zero-order valence-corrected chi connectivity index (χ0v) is 14.3. The summed E-state index contributed by atoms with van der Waals surface area (Å²) in [5.74, 6) is 0.517. The van der Waals surface area contributed by atoms with E-state index in [9.17, 15) is 9.59 Å². The first-order chi connectivity index (χ1) is 12.1. The van der Waals surface area contributed by atoms with Gasteiger partial charge in [-0.05, 0) is 43.7 Å². The van der Waals surface area contributed by atoms with Gasteiger partial charge in [-0.2, -0.15) is 0 Å². The average Bonchev–Trinajstić information content (AvgIpc) is 2.95. The molecule has 3 rings (SSSR count). The number of rotatable bonds is 5. The summed E-state index contributed by atoms with van der Waals surface area (Å²) in [7, 11) is 1.56. The third kappa shape index (κ3) is 3.71. The zero-order chi connectivity index (χ0) is 17.8. The number of hydrogen-bond acceptors (Lipinski definition) is 4.